The predicted molar refractivity (Wildman–Crippen MR) is 164 cm³/mol. The predicted octanol–water partition coefficient (Wildman–Crippen LogP) is 7.16. The van der Waals surface area contributed by atoms with E-state index in [1.807, 2.05) is 0 Å². The van der Waals surface area contributed by atoms with Crippen molar-refractivity contribution in [3.05, 3.63) is 0 Å². The Labute approximate surface area is 254 Å². The molecule has 0 amide bonds. The third kappa shape index (κ3) is 26.6. The van der Waals surface area contributed by atoms with Crippen molar-refractivity contribution in [1.29, 1.82) is 0 Å². The molecule has 11 heteroatoms. The molecule has 0 heterocycles. The summed E-state index contributed by atoms with van der Waals surface area (Å²) in [5.74, 6) is -1.02. The molecule has 0 rings (SSSR count). The summed E-state index contributed by atoms with van der Waals surface area (Å²) in [6.07, 6.45) is 19.6. The van der Waals surface area contributed by atoms with Crippen molar-refractivity contribution in [2.75, 3.05) is 26.4 Å². The third-order valence-corrected chi connectivity index (χ3v) is 8.02. The van der Waals surface area contributed by atoms with Gasteiger partial charge in [-0.1, -0.05) is 123 Å². The van der Waals surface area contributed by atoms with Crippen LogP contribution in [0.15, 0.2) is 0 Å². The lowest BCUT2D eigenvalue weighted by molar-refractivity contribution is -0.153. The van der Waals surface area contributed by atoms with Crippen molar-refractivity contribution in [3.8, 4) is 0 Å². The van der Waals surface area contributed by atoms with Gasteiger partial charge in [0.2, 0.25) is 0 Å². The standard InChI is InChI=1S/C31H61O10P/c1-3-5-7-9-11-13-14-15-17-19-21-23-31(35)41-29(25-33)27-39-42(36,37)38-26-28(24-32)40-30(34)22-20-18-16-12-10-8-6-4-2/h28-29,32-33H,3-27H2,1-2H3,(H,36,37). The fourth-order valence-corrected chi connectivity index (χ4v) is 5.25. The van der Waals surface area contributed by atoms with Gasteiger partial charge >= 0.3 is 19.8 Å². The van der Waals surface area contributed by atoms with Crippen LogP contribution >= 0.6 is 7.82 Å². The van der Waals surface area contributed by atoms with Crippen molar-refractivity contribution in [3.63, 3.8) is 0 Å². The number of rotatable bonds is 31. The smallest absolute Gasteiger partial charge is 0.457 e. The summed E-state index contributed by atoms with van der Waals surface area (Å²) in [5.41, 5.74) is 0. The van der Waals surface area contributed by atoms with Gasteiger partial charge in [0.1, 0.15) is 12.2 Å². The van der Waals surface area contributed by atoms with E-state index in [1.54, 1.807) is 0 Å². The number of ether oxygens (including phenoxy) is 2. The Morgan fingerprint density at radius 3 is 1.12 bits per heavy atom. The molecule has 0 aliphatic heterocycles. The van der Waals surface area contributed by atoms with Gasteiger partial charge < -0.3 is 24.6 Å². The van der Waals surface area contributed by atoms with Crippen LogP contribution in [0.1, 0.15) is 149 Å². The Kier molecular flexibility index (Phi) is 28.0. The Bertz CT molecular complexity index is 691. The fourth-order valence-electron chi connectivity index (χ4n) is 4.47. The summed E-state index contributed by atoms with van der Waals surface area (Å²) >= 11 is 0. The Hall–Kier alpha value is -1.03. The van der Waals surface area contributed by atoms with Crippen molar-refractivity contribution >= 4 is 19.8 Å². The SMILES string of the molecule is CCCCCCCCCCCCCC(=O)OC(CO)COP(=O)(O)OCC(CO)OC(=O)CCCCCCCCCC. The number of carbonyl (C=O) groups is 2. The largest absolute Gasteiger partial charge is 0.472 e. The highest BCUT2D eigenvalue weighted by atomic mass is 31.2. The van der Waals surface area contributed by atoms with Gasteiger partial charge in [-0.3, -0.25) is 18.6 Å². The quantitative estimate of drug-likeness (QED) is 0.0412. The minimum Gasteiger partial charge on any atom is -0.457 e. The Balaban J connectivity index is 4.05. The van der Waals surface area contributed by atoms with Crippen LogP contribution in [-0.4, -0.2) is 65.7 Å². The van der Waals surface area contributed by atoms with E-state index in [0.717, 1.165) is 38.5 Å². The summed E-state index contributed by atoms with van der Waals surface area (Å²) in [5, 5.41) is 18.9. The van der Waals surface area contributed by atoms with Gasteiger partial charge in [0.15, 0.2) is 0 Å². The maximum absolute atomic E-state index is 12.2. The van der Waals surface area contributed by atoms with Crippen molar-refractivity contribution in [1.82, 2.24) is 0 Å². The van der Waals surface area contributed by atoms with E-state index in [1.165, 1.54) is 70.6 Å². The summed E-state index contributed by atoms with van der Waals surface area (Å²) in [7, 11) is -4.61. The molecule has 250 valence electrons. The normalized spacial score (nSPS) is 14.3. The molecule has 0 saturated carbocycles. The highest BCUT2D eigenvalue weighted by molar-refractivity contribution is 7.47. The average Bonchev–Trinajstić information content (AvgIpc) is 2.97. The number of unbranched alkanes of at least 4 members (excludes halogenated alkanes) is 17. The number of esters is 2. The maximum atomic E-state index is 12.2. The molecule has 42 heavy (non-hydrogen) atoms. The lowest BCUT2D eigenvalue weighted by Gasteiger charge is -2.20. The fraction of sp³-hybridized carbons (Fsp3) is 0.935. The van der Waals surface area contributed by atoms with Crippen LogP contribution in [0.25, 0.3) is 0 Å². The number of phosphoric acid groups is 1. The maximum Gasteiger partial charge on any atom is 0.472 e. The molecule has 0 bridgehead atoms. The molecule has 0 aromatic carbocycles. The first-order chi connectivity index (χ1) is 20.3. The lowest BCUT2D eigenvalue weighted by atomic mass is 10.1. The number of carbonyl (C=O) groups excluding carboxylic acids is 2. The molecule has 0 spiro atoms. The molecule has 0 fully saturated rings. The van der Waals surface area contributed by atoms with Crippen LogP contribution in [0, 0.1) is 0 Å². The molecule has 0 aliphatic rings. The minimum absolute atomic E-state index is 0.196. The van der Waals surface area contributed by atoms with Crippen molar-refractivity contribution in [2.45, 2.75) is 161 Å². The minimum atomic E-state index is -4.61. The van der Waals surface area contributed by atoms with Crippen LogP contribution in [0.5, 0.6) is 0 Å². The monoisotopic (exact) mass is 624 g/mol. The number of hydrogen-bond acceptors (Lipinski definition) is 9. The zero-order valence-corrected chi connectivity index (χ0v) is 27.4. The molecule has 3 atom stereocenters. The zero-order valence-electron chi connectivity index (χ0n) is 26.5. The number of aliphatic hydroxyl groups excluding tert-OH is 2. The van der Waals surface area contributed by atoms with Gasteiger partial charge in [-0.25, -0.2) is 4.57 Å². The molecule has 0 aromatic rings. The van der Waals surface area contributed by atoms with E-state index in [-0.39, 0.29) is 12.8 Å². The number of aliphatic hydroxyl groups is 2. The summed E-state index contributed by atoms with van der Waals surface area (Å²) < 4.78 is 32.2. The first-order valence-electron chi connectivity index (χ1n) is 16.5. The van der Waals surface area contributed by atoms with Gasteiger partial charge in [-0.2, -0.15) is 0 Å². The number of hydrogen-bond donors (Lipinski definition) is 3. The Morgan fingerprint density at radius 2 is 0.833 bits per heavy atom. The zero-order chi connectivity index (χ0) is 31.3. The molecule has 0 aromatic heterocycles. The van der Waals surface area contributed by atoms with E-state index in [4.69, 9.17) is 18.5 Å². The Morgan fingerprint density at radius 1 is 0.548 bits per heavy atom. The lowest BCUT2D eigenvalue weighted by Crippen LogP contribution is -2.28. The molecule has 0 saturated heterocycles. The topological polar surface area (TPSA) is 149 Å². The van der Waals surface area contributed by atoms with Crippen LogP contribution < -0.4 is 0 Å². The second-order valence-electron chi connectivity index (χ2n) is 11.2. The van der Waals surface area contributed by atoms with Gasteiger partial charge in [0, 0.05) is 12.8 Å². The van der Waals surface area contributed by atoms with Crippen molar-refractivity contribution < 1.29 is 47.8 Å². The van der Waals surface area contributed by atoms with E-state index < -0.39 is 58.4 Å². The first-order valence-corrected chi connectivity index (χ1v) is 18.0. The van der Waals surface area contributed by atoms with E-state index in [0.29, 0.717) is 12.8 Å². The highest BCUT2D eigenvalue weighted by Crippen LogP contribution is 2.43. The molecule has 10 nitrogen and oxygen atoms in total. The summed E-state index contributed by atoms with van der Waals surface area (Å²) in [4.78, 5) is 34.1. The van der Waals surface area contributed by atoms with Gasteiger partial charge in [-0.15, -0.1) is 0 Å². The molecule has 3 N–H and O–H groups in total. The summed E-state index contributed by atoms with van der Waals surface area (Å²) in [6.45, 7) is 2.13. The van der Waals surface area contributed by atoms with Gasteiger partial charge in [0.25, 0.3) is 0 Å². The molecular weight excluding hydrogens is 563 g/mol. The van der Waals surface area contributed by atoms with E-state index in [9.17, 15) is 29.3 Å². The first kappa shape index (κ1) is 41.0. The van der Waals surface area contributed by atoms with Crippen LogP contribution in [0.2, 0.25) is 0 Å². The third-order valence-electron chi connectivity index (χ3n) is 7.07. The van der Waals surface area contributed by atoms with E-state index in [2.05, 4.69) is 13.8 Å². The van der Waals surface area contributed by atoms with Crippen molar-refractivity contribution in [2.24, 2.45) is 0 Å². The second-order valence-corrected chi connectivity index (χ2v) is 12.6. The molecule has 0 aliphatic carbocycles. The second kappa shape index (κ2) is 28.7. The van der Waals surface area contributed by atoms with Gasteiger partial charge in [-0.05, 0) is 12.8 Å². The van der Waals surface area contributed by atoms with Crippen LogP contribution in [0.4, 0.5) is 0 Å². The molecule has 0 radical (unpaired) electrons. The summed E-state index contributed by atoms with van der Waals surface area (Å²) in [6, 6.07) is 0. The van der Waals surface area contributed by atoms with Crippen LogP contribution in [0.3, 0.4) is 0 Å². The molecule has 3 unspecified atom stereocenters. The highest BCUT2D eigenvalue weighted by Gasteiger charge is 2.27. The van der Waals surface area contributed by atoms with E-state index >= 15 is 0 Å². The average molecular weight is 625 g/mol. The number of phosphoric ester groups is 1. The molecular formula is C31H61O10P. The van der Waals surface area contributed by atoms with Crippen LogP contribution in [-0.2, 0) is 32.7 Å². The van der Waals surface area contributed by atoms with Gasteiger partial charge in [0.05, 0.1) is 26.4 Å².